The average molecular weight is 306 g/mol. The number of ether oxygens (including phenoxy) is 1. The average Bonchev–Trinajstić information content (AvgIpc) is 2.23. The Kier molecular flexibility index (Phi) is 5.97. The molecule has 0 aliphatic carbocycles. The van der Waals surface area contributed by atoms with Crippen LogP contribution in [0.15, 0.2) is 0 Å². The van der Waals surface area contributed by atoms with Gasteiger partial charge in [0.25, 0.3) is 0 Å². The molecule has 6 nitrogen and oxygen atoms in total. The maximum absolute atomic E-state index is 12.5. The van der Waals surface area contributed by atoms with Gasteiger partial charge in [-0.1, -0.05) is 13.8 Å². The first-order valence-corrected chi connectivity index (χ1v) is 8.89. The minimum Gasteiger partial charge on any atom is -0.372 e. The van der Waals surface area contributed by atoms with Gasteiger partial charge in [-0.15, -0.1) is 0 Å². The summed E-state index contributed by atoms with van der Waals surface area (Å²) in [5.74, 6) is 0.0696. The van der Waals surface area contributed by atoms with Gasteiger partial charge >= 0.3 is 0 Å². The number of carbonyl (C=O) groups excluding carboxylic acids is 1. The fourth-order valence-electron chi connectivity index (χ4n) is 2.51. The number of rotatable bonds is 5. The highest BCUT2D eigenvalue weighted by Crippen LogP contribution is 2.15. The molecule has 20 heavy (non-hydrogen) atoms. The number of hydrogen-bond acceptors (Lipinski definition) is 4. The topological polar surface area (TPSA) is 75.7 Å². The van der Waals surface area contributed by atoms with E-state index in [9.17, 15) is 13.2 Å². The summed E-state index contributed by atoms with van der Waals surface area (Å²) >= 11 is 0. The second-order valence-electron chi connectivity index (χ2n) is 6.07. The van der Waals surface area contributed by atoms with E-state index in [4.69, 9.17) is 4.74 Å². The number of amides is 1. The number of sulfonamides is 1. The van der Waals surface area contributed by atoms with Crippen LogP contribution in [0, 0.1) is 5.92 Å². The zero-order valence-corrected chi connectivity index (χ0v) is 13.7. The lowest BCUT2D eigenvalue weighted by Gasteiger charge is -2.37. The maximum Gasteiger partial charge on any atom is 0.240 e. The summed E-state index contributed by atoms with van der Waals surface area (Å²) in [6.45, 7) is 8.77. The van der Waals surface area contributed by atoms with Crippen LogP contribution in [-0.4, -0.2) is 56.8 Å². The Bertz CT molecular complexity index is 426. The van der Waals surface area contributed by atoms with Gasteiger partial charge < -0.3 is 9.64 Å². The molecule has 118 valence electrons. The van der Waals surface area contributed by atoms with Crippen LogP contribution in [0.4, 0.5) is 0 Å². The molecule has 0 aromatic carbocycles. The van der Waals surface area contributed by atoms with Crippen molar-refractivity contribution in [1.82, 2.24) is 9.62 Å². The fourth-order valence-corrected chi connectivity index (χ4v) is 3.22. The fraction of sp³-hybridized carbons (Fsp3) is 0.923. The van der Waals surface area contributed by atoms with Crippen LogP contribution in [0.2, 0.25) is 0 Å². The molecule has 0 bridgehead atoms. The van der Waals surface area contributed by atoms with Crippen molar-refractivity contribution in [3.63, 3.8) is 0 Å². The zero-order chi connectivity index (χ0) is 15.5. The van der Waals surface area contributed by atoms with Crippen LogP contribution in [0.25, 0.3) is 0 Å². The Morgan fingerprint density at radius 3 is 2.20 bits per heavy atom. The van der Waals surface area contributed by atoms with Crippen LogP contribution in [0.1, 0.15) is 34.1 Å². The minimum absolute atomic E-state index is 0.0272. The van der Waals surface area contributed by atoms with Gasteiger partial charge in [0.2, 0.25) is 15.9 Å². The Labute approximate surface area is 121 Å². The predicted octanol–water partition coefficient (Wildman–Crippen LogP) is 0.586. The van der Waals surface area contributed by atoms with E-state index in [-0.39, 0.29) is 24.0 Å². The van der Waals surface area contributed by atoms with E-state index in [1.165, 1.54) is 0 Å². The van der Waals surface area contributed by atoms with Crippen molar-refractivity contribution in [2.24, 2.45) is 5.92 Å². The van der Waals surface area contributed by atoms with Gasteiger partial charge in [0, 0.05) is 13.1 Å². The van der Waals surface area contributed by atoms with E-state index in [0.29, 0.717) is 19.5 Å². The SMILES string of the molecule is CC(C)C[C@H](NS(C)(=O)=O)C(=O)N1C[C@H](C)O[C@@H](C)C1. The van der Waals surface area contributed by atoms with Gasteiger partial charge in [-0.25, -0.2) is 13.1 Å². The number of hydrogen-bond donors (Lipinski definition) is 1. The molecule has 0 radical (unpaired) electrons. The number of nitrogens with one attached hydrogen (secondary N) is 1. The lowest BCUT2D eigenvalue weighted by atomic mass is 10.0. The summed E-state index contributed by atoms with van der Waals surface area (Å²) in [6, 6.07) is -0.692. The highest BCUT2D eigenvalue weighted by molar-refractivity contribution is 7.88. The van der Waals surface area contributed by atoms with Crippen molar-refractivity contribution < 1.29 is 17.9 Å². The smallest absolute Gasteiger partial charge is 0.240 e. The third-order valence-corrected chi connectivity index (χ3v) is 3.81. The molecule has 1 fully saturated rings. The maximum atomic E-state index is 12.5. The largest absolute Gasteiger partial charge is 0.372 e. The zero-order valence-electron chi connectivity index (χ0n) is 12.9. The minimum atomic E-state index is -3.41. The lowest BCUT2D eigenvalue weighted by Crippen LogP contribution is -2.55. The van der Waals surface area contributed by atoms with Crippen LogP contribution in [0.3, 0.4) is 0 Å². The summed E-state index contributed by atoms with van der Waals surface area (Å²) in [5, 5.41) is 0. The van der Waals surface area contributed by atoms with E-state index in [0.717, 1.165) is 6.26 Å². The Morgan fingerprint density at radius 1 is 1.30 bits per heavy atom. The lowest BCUT2D eigenvalue weighted by molar-refractivity contribution is -0.145. The summed E-state index contributed by atoms with van der Waals surface area (Å²) in [6.07, 6.45) is 1.52. The van der Waals surface area contributed by atoms with Gasteiger partial charge in [-0.2, -0.15) is 0 Å². The molecule has 1 aliphatic rings. The van der Waals surface area contributed by atoms with Crippen LogP contribution in [0.5, 0.6) is 0 Å². The Balaban J connectivity index is 2.81. The van der Waals surface area contributed by atoms with Crippen LogP contribution >= 0.6 is 0 Å². The van der Waals surface area contributed by atoms with Gasteiger partial charge in [0.15, 0.2) is 0 Å². The van der Waals surface area contributed by atoms with E-state index in [1.807, 2.05) is 27.7 Å². The molecule has 0 aromatic rings. The first kappa shape index (κ1) is 17.4. The normalized spacial score (nSPS) is 25.8. The molecule has 3 atom stereocenters. The first-order chi connectivity index (χ1) is 9.08. The third kappa shape index (κ3) is 5.76. The molecule has 1 aliphatic heterocycles. The first-order valence-electron chi connectivity index (χ1n) is 7.00. The van der Waals surface area contributed by atoms with E-state index in [1.54, 1.807) is 4.90 Å². The Hall–Kier alpha value is -0.660. The van der Waals surface area contributed by atoms with Gasteiger partial charge in [0.05, 0.1) is 18.5 Å². The van der Waals surface area contributed by atoms with Crippen molar-refractivity contribution >= 4 is 15.9 Å². The van der Waals surface area contributed by atoms with Crippen molar-refractivity contribution in [2.45, 2.75) is 52.4 Å². The van der Waals surface area contributed by atoms with E-state index < -0.39 is 16.1 Å². The summed E-state index contributed by atoms with van der Waals surface area (Å²) in [5.41, 5.74) is 0. The van der Waals surface area contributed by atoms with Crippen LogP contribution < -0.4 is 4.72 Å². The second-order valence-corrected chi connectivity index (χ2v) is 7.85. The quantitative estimate of drug-likeness (QED) is 0.806. The van der Waals surface area contributed by atoms with Gasteiger partial charge in [-0.3, -0.25) is 4.79 Å². The molecule has 1 saturated heterocycles. The second kappa shape index (κ2) is 6.87. The molecule has 1 N–H and O–H groups in total. The number of morpholine rings is 1. The molecule has 1 amide bonds. The summed E-state index contributed by atoms with van der Waals surface area (Å²) in [7, 11) is -3.41. The monoisotopic (exact) mass is 306 g/mol. The molecule has 0 aromatic heterocycles. The number of carbonyl (C=O) groups is 1. The number of nitrogens with zero attached hydrogens (tertiary/aromatic N) is 1. The van der Waals surface area contributed by atoms with Gasteiger partial charge in [-0.05, 0) is 26.2 Å². The molecule has 1 heterocycles. The molecule has 0 spiro atoms. The third-order valence-electron chi connectivity index (χ3n) is 3.09. The summed E-state index contributed by atoms with van der Waals surface area (Å²) in [4.78, 5) is 14.2. The molecule has 0 saturated carbocycles. The van der Waals surface area contributed by atoms with Crippen molar-refractivity contribution in [2.75, 3.05) is 19.3 Å². The van der Waals surface area contributed by atoms with Gasteiger partial charge in [0.1, 0.15) is 6.04 Å². The summed E-state index contributed by atoms with van der Waals surface area (Å²) < 4.78 is 30.9. The molecule has 0 unspecified atom stereocenters. The highest BCUT2D eigenvalue weighted by Gasteiger charge is 2.32. The van der Waals surface area contributed by atoms with E-state index in [2.05, 4.69) is 4.72 Å². The molecular formula is C13H26N2O4S. The molecule has 1 rings (SSSR count). The highest BCUT2D eigenvalue weighted by atomic mass is 32.2. The standard InChI is InChI=1S/C13H26N2O4S/c1-9(2)6-12(14-20(5,17)18)13(16)15-7-10(3)19-11(4)8-15/h9-12,14H,6-8H2,1-5H3/t10-,11-,12-/m0/s1. The predicted molar refractivity (Wildman–Crippen MR) is 77.8 cm³/mol. The Morgan fingerprint density at radius 2 is 1.80 bits per heavy atom. The molecular weight excluding hydrogens is 280 g/mol. The molecule has 7 heteroatoms. The van der Waals surface area contributed by atoms with Crippen molar-refractivity contribution in [3.8, 4) is 0 Å². The van der Waals surface area contributed by atoms with Crippen molar-refractivity contribution in [3.05, 3.63) is 0 Å². The van der Waals surface area contributed by atoms with Crippen LogP contribution in [-0.2, 0) is 19.6 Å². The van der Waals surface area contributed by atoms with E-state index >= 15 is 0 Å². The van der Waals surface area contributed by atoms with Crippen molar-refractivity contribution in [1.29, 1.82) is 0 Å².